The number of hydrogen-bond donors (Lipinski definition) is 1. The van der Waals surface area contributed by atoms with Crippen LogP contribution in [0.15, 0.2) is 18.2 Å². The van der Waals surface area contributed by atoms with Crippen LogP contribution in [-0.2, 0) is 6.54 Å². The molecule has 2 rings (SSSR count). The van der Waals surface area contributed by atoms with Gasteiger partial charge in [0.05, 0.1) is 17.3 Å². The van der Waals surface area contributed by atoms with E-state index in [1.54, 1.807) is 4.68 Å². The van der Waals surface area contributed by atoms with E-state index in [4.69, 9.17) is 11.6 Å². The summed E-state index contributed by atoms with van der Waals surface area (Å²) in [5.74, 6) is 0.749. The first-order valence-electron chi connectivity index (χ1n) is 5.47. The van der Waals surface area contributed by atoms with Crippen molar-refractivity contribution in [2.24, 2.45) is 0 Å². The lowest BCUT2D eigenvalue weighted by molar-refractivity contribution is 0.664. The zero-order valence-corrected chi connectivity index (χ0v) is 10.6. The van der Waals surface area contributed by atoms with Gasteiger partial charge in [0, 0.05) is 0 Å². The fraction of sp³-hybridized carbons (Fsp3) is 0.364. The van der Waals surface area contributed by atoms with Gasteiger partial charge in [-0.25, -0.2) is 0 Å². The molecule has 0 aliphatic rings. The van der Waals surface area contributed by atoms with Gasteiger partial charge in [-0.15, -0.1) is 5.10 Å². The smallest absolute Gasteiger partial charge is 0.170 e. The summed E-state index contributed by atoms with van der Waals surface area (Å²) in [6, 6.07) is 5.80. The Hall–Kier alpha value is -1.46. The van der Waals surface area contributed by atoms with Gasteiger partial charge in [-0.1, -0.05) is 30.7 Å². The van der Waals surface area contributed by atoms with E-state index >= 15 is 0 Å². The number of nitrogens with zero attached hydrogens (tertiary/aromatic N) is 4. The summed E-state index contributed by atoms with van der Waals surface area (Å²) >= 11 is 6.25. The summed E-state index contributed by atoms with van der Waals surface area (Å²) in [7, 11) is 0. The van der Waals surface area contributed by atoms with Gasteiger partial charge in [0.15, 0.2) is 5.82 Å². The van der Waals surface area contributed by atoms with E-state index in [1.165, 1.54) is 0 Å². The minimum absolute atomic E-state index is 0.619. The van der Waals surface area contributed by atoms with E-state index in [2.05, 4.69) is 20.8 Å². The van der Waals surface area contributed by atoms with Gasteiger partial charge in [-0.05, 0) is 35.5 Å². The molecule has 2 aromatic rings. The second kappa shape index (κ2) is 5.25. The second-order valence-corrected chi connectivity index (χ2v) is 4.07. The Morgan fingerprint density at radius 2 is 2.24 bits per heavy atom. The van der Waals surface area contributed by atoms with Gasteiger partial charge < -0.3 is 5.32 Å². The summed E-state index contributed by atoms with van der Waals surface area (Å²) in [5, 5.41) is 15.5. The maximum absolute atomic E-state index is 6.25. The lowest BCUT2D eigenvalue weighted by Gasteiger charge is -2.08. The highest BCUT2D eigenvalue weighted by Crippen LogP contribution is 2.23. The third kappa shape index (κ3) is 2.45. The third-order valence-electron chi connectivity index (χ3n) is 2.47. The zero-order chi connectivity index (χ0) is 12.3. The molecule has 5 nitrogen and oxygen atoms in total. The van der Waals surface area contributed by atoms with E-state index in [0.29, 0.717) is 11.6 Å². The topological polar surface area (TPSA) is 55.6 Å². The largest absolute Gasteiger partial charge is 0.310 e. The Morgan fingerprint density at radius 1 is 1.41 bits per heavy atom. The SMILES string of the molecule is CCNCc1nnnn1-c1cccc(C)c1Cl. The zero-order valence-electron chi connectivity index (χ0n) is 9.81. The Labute approximate surface area is 105 Å². The predicted octanol–water partition coefficient (Wildman–Crippen LogP) is 1.73. The number of aryl methyl sites for hydroxylation is 1. The molecule has 0 atom stereocenters. The van der Waals surface area contributed by atoms with Crippen LogP contribution in [-0.4, -0.2) is 26.8 Å². The molecule has 0 radical (unpaired) electrons. The van der Waals surface area contributed by atoms with E-state index < -0.39 is 0 Å². The monoisotopic (exact) mass is 251 g/mol. The maximum Gasteiger partial charge on any atom is 0.170 e. The molecule has 0 aliphatic heterocycles. The van der Waals surface area contributed by atoms with Crippen molar-refractivity contribution in [1.29, 1.82) is 0 Å². The van der Waals surface area contributed by atoms with E-state index in [9.17, 15) is 0 Å². The third-order valence-corrected chi connectivity index (χ3v) is 2.96. The van der Waals surface area contributed by atoms with Crippen LogP contribution in [0.25, 0.3) is 5.69 Å². The number of benzene rings is 1. The fourth-order valence-corrected chi connectivity index (χ4v) is 1.74. The first kappa shape index (κ1) is 12.0. The van der Waals surface area contributed by atoms with Crippen LogP contribution in [0.4, 0.5) is 0 Å². The standard InChI is InChI=1S/C11H14ClN5/c1-3-13-7-10-14-15-16-17(10)9-6-4-5-8(2)11(9)12/h4-6,13H,3,7H2,1-2H3. The average Bonchev–Trinajstić information content (AvgIpc) is 2.78. The van der Waals surface area contributed by atoms with Crippen molar-refractivity contribution in [1.82, 2.24) is 25.5 Å². The lowest BCUT2D eigenvalue weighted by Crippen LogP contribution is -2.16. The molecule has 0 aliphatic carbocycles. The molecule has 1 N–H and O–H groups in total. The minimum Gasteiger partial charge on any atom is -0.310 e. The Balaban J connectivity index is 2.39. The van der Waals surface area contributed by atoms with Crippen LogP contribution in [0.2, 0.25) is 5.02 Å². The number of tetrazole rings is 1. The Bertz CT molecular complexity index is 508. The van der Waals surface area contributed by atoms with Crippen LogP contribution in [0.3, 0.4) is 0 Å². The van der Waals surface area contributed by atoms with Crippen LogP contribution >= 0.6 is 11.6 Å². The van der Waals surface area contributed by atoms with Crippen LogP contribution in [0, 0.1) is 6.92 Å². The molecule has 0 spiro atoms. The average molecular weight is 252 g/mol. The van der Waals surface area contributed by atoms with Gasteiger partial charge in [0.2, 0.25) is 0 Å². The molecule has 0 bridgehead atoms. The van der Waals surface area contributed by atoms with Gasteiger partial charge in [-0.2, -0.15) is 4.68 Å². The van der Waals surface area contributed by atoms with Gasteiger partial charge in [0.25, 0.3) is 0 Å². The van der Waals surface area contributed by atoms with Crippen LogP contribution < -0.4 is 5.32 Å². The highest BCUT2D eigenvalue weighted by atomic mass is 35.5. The molecular formula is C11H14ClN5. The molecule has 0 fully saturated rings. The highest BCUT2D eigenvalue weighted by molar-refractivity contribution is 6.33. The lowest BCUT2D eigenvalue weighted by atomic mass is 10.2. The number of rotatable bonds is 4. The van der Waals surface area contributed by atoms with E-state index in [1.807, 2.05) is 32.0 Å². The molecule has 6 heteroatoms. The van der Waals surface area contributed by atoms with Gasteiger partial charge >= 0.3 is 0 Å². The number of halogens is 1. The fourth-order valence-electron chi connectivity index (χ4n) is 1.54. The van der Waals surface area contributed by atoms with E-state index in [0.717, 1.165) is 23.6 Å². The molecule has 90 valence electrons. The summed E-state index contributed by atoms with van der Waals surface area (Å²) < 4.78 is 1.66. The Kier molecular flexibility index (Phi) is 3.71. The minimum atomic E-state index is 0.619. The van der Waals surface area contributed by atoms with Crippen molar-refractivity contribution in [2.45, 2.75) is 20.4 Å². The van der Waals surface area contributed by atoms with Crippen molar-refractivity contribution in [3.8, 4) is 5.69 Å². The maximum atomic E-state index is 6.25. The molecule has 0 amide bonds. The summed E-state index contributed by atoms with van der Waals surface area (Å²) in [5.41, 5.74) is 1.82. The van der Waals surface area contributed by atoms with Gasteiger partial charge in [-0.3, -0.25) is 0 Å². The summed E-state index contributed by atoms with van der Waals surface area (Å²) in [6.45, 7) is 5.48. The van der Waals surface area contributed by atoms with Crippen molar-refractivity contribution < 1.29 is 0 Å². The highest BCUT2D eigenvalue weighted by Gasteiger charge is 2.11. The molecule has 17 heavy (non-hydrogen) atoms. The first-order chi connectivity index (χ1) is 8.24. The molecule has 0 saturated carbocycles. The molecule has 0 saturated heterocycles. The first-order valence-corrected chi connectivity index (χ1v) is 5.85. The summed E-state index contributed by atoms with van der Waals surface area (Å²) in [6.07, 6.45) is 0. The van der Waals surface area contributed by atoms with E-state index in [-0.39, 0.29) is 0 Å². The second-order valence-electron chi connectivity index (χ2n) is 3.70. The van der Waals surface area contributed by atoms with Crippen LogP contribution in [0.1, 0.15) is 18.3 Å². The normalized spacial score (nSPS) is 10.8. The molecular weight excluding hydrogens is 238 g/mol. The van der Waals surface area contributed by atoms with Crippen molar-refractivity contribution in [2.75, 3.05) is 6.54 Å². The van der Waals surface area contributed by atoms with Crippen molar-refractivity contribution in [3.05, 3.63) is 34.6 Å². The molecule has 1 aromatic carbocycles. The number of nitrogens with one attached hydrogen (secondary N) is 1. The molecule has 1 aromatic heterocycles. The number of hydrogen-bond acceptors (Lipinski definition) is 4. The Morgan fingerprint density at radius 3 is 3.00 bits per heavy atom. The molecule has 1 heterocycles. The van der Waals surface area contributed by atoms with Crippen molar-refractivity contribution in [3.63, 3.8) is 0 Å². The quantitative estimate of drug-likeness (QED) is 0.899. The molecule has 0 unspecified atom stereocenters. The number of aromatic nitrogens is 4. The van der Waals surface area contributed by atoms with Crippen molar-refractivity contribution >= 4 is 11.6 Å². The van der Waals surface area contributed by atoms with Gasteiger partial charge in [0.1, 0.15) is 0 Å². The summed E-state index contributed by atoms with van der Waals surface area (Å²) in [4.78, 5) is 0. The van der Waals surface area contributed by atoms with Crippen LogP contribution in [0.5, 0.6) is 0 Å². The predicted molar refractivity (Wildman–Crippen MR) is 66.3 cm³/mol.